The van der Waals surface area contributed by atoms with Gasteiger partial charge in [-0.2, -0.15) is 26.3 Å². The molecule has 27 heavy (non-hydrogen) atoms. The maximum Gasteiger partial charge on any atom is 0.416 e. The van der Waals surface area contributed by atoms with Crippen molar-refractivity contribution in [2.24, 2.45) is 11.5 Å². The lowest BCUT2D eigenvalue weighted by molar-refractivity contribution is -0.143. The Morgan fingerprint density at radius 2 is 1.30 bits per heavy atom. The molecule has 1 aromatic carbocycles. The second kappa shape index (κ2) is 12.9. The van der Waals surface area contributed by atoms with Crippen LogP contribution in [0.5, 0.6) is 0 Å². The minimum atomic E-state index is -4.84. The molecule has 0 amide bonds. The van der Waals surface area contributed by atoms with Crippen LogP contribution in [0.2, 0.25) is 0 Å². The number of rotatable bonds is 7. The van der Waals surface area contributed by atoms with Gasteiger partial charge in [0.25, 0.3) is 0 Å². The first-order valence-electron chi connectivity index (χ1n) is 7.40. The maximum atomic E-state index is 12.7. The summed E-state index contributed by atoms with van der Waals surface area (Å²) in [5, 5.41) is 2.78. The lowest BCUT2D eigenvalue weighted by atomic mass is 10.0. The van der Waals surface area contributed by atoms with E-state index in [1.54, 1.807) is 0 Å². The van der Waals surface area contributed by atoms with Gasteiger partial charge in [0, 0.05) is 25.2 Å². The molecule has 0 aliphatic heterocycles. The van der Waals surface area contributed by atoms with Gasteiger partial charge in [0.1, 0.15) is 0 Å². The Kier molecular flexibility index (Phi) is 14.9. The third kappa shape index (κ3) is 11.9. The standard InChI is InChI=1S/C15H21F6N3.3ClH/c1-9(22)2-3-13(23)8-24-7-10-4-11(14(16,17)18)6-12(5-10)15(19,20)21;;;/h4-6,9,13,24H,2-3,7-8,22-23H2,1H3;3*1H/t9?,13-;;;/m0.../s1. The highest BCUT2D eigenvalue weighted by atomic mass is 35.5. The monoisotopic (exact) mass is 465 g/mol. The predicted octanol–water partition coefficient (Wildman–Crippen LogP) is 4.53. The van der Waals surface area contributed by atoms with Crippen molar-refractivity contribution >= 4 is 37.2 Å². The fourth-order valence-corrected chi connectivity index (χ4v) is 2.10. The predicted molar refractivity (Wildman–Crippen MR) is 101 cm³/mol. The number of hydrogen-bond acceptors (Lipinski definition) is 3. The van der Waals surface area contributed by atoms with Gasteiger partial charge in [-0.05, 0) is 43.5 Å². The van der Waals surface area contributed by atoms with Gasteiger partial charge in [0.15, 0.2) is 0 Å². The van der Waals surface area contributed by atoms with Crippen LogP contribution in [0.15, 0.2) is 18.2 Å². The van der Waals surface area contributed by atoms with Gasteiger partial charge in [0.05, 0.1) is 11.1 Å². The first-order valence-corrected chi connectivity index (χ1v) is 7.40. The van der Waals surface area contributed by atoms with Crippen LogP contribution in [0.1, 0.15) is 36.5 Å². The summed E-state index contributed by atoms with van der Waals surface area (Å²) in [5.41, 5.74) is 8.64. The zero-order chi connectivity index (χ0) is 18.5. The van der Waals surface area contributed by atoms with Crippen molar-refractivity contribution in [3.63, 3.8) is 0 Å². The molecule has 3 nitrogen and oxygen atoms in total. The zero-order valence-electron chi connectivity index (χ0n) is 14.4. The van der Waals surface area contributed by atoms with E-state index in [4.69, 9.17) is 11.5 Å². The molecular weight excluding hydrogens is 443 g/mol. The van der Waals surface area contributed by atoms with Crippen LogP contribution in [-0.4, -0.2) is 18.6 Å². The van der Waals surface area contributed by atoms with Crippen LogP contribution >= 0.6 is 37.2 Å². The summed E-state index contributed by atoms with van der Waals surface area (Å²) in [7, 11) is 0. The van der Waals surface area contributed by atoms with E-state index in [1.165, 1.54) is 0 Å². The highest BCUT2D eigenvalue weighted by Gasteiger charge is 2.36. The van der Waals surface area contributed by atoms with Crippen LogP contribution in [0.3, 0.4) is 0 Å². The number of benzene rings is 1. The molecule has 0 radical (unpaired) electrons. The van der Waals surface area contributed by atoms with Crippen molar-refractivity contribution in [2.45, 2.75) is 50.7 Å². The largest absolute Gasteiger partial charge is 0.416 e. The molecule has 0 spiro atoms. The minimum absolute atomic E-state index is 0. The Morgan fingerprint density at radius 3 is 1.67 bits per heavy atom. The number of nitrogens with one attached hydrogen (secondary N) is 1. The molecule has 0 bridgehead atoms. The van der Waals surface area contributed by atoms with E-state index in [2.05, 4.69) is 5.32 Å². The average molecular weight is 467 g/mol. The minimum Gasteiger partial charge on any atom is -0.328 e. The fraction of sp³-hybridized carbons (Fsp3) is 0.600. The first kappa shape index (κ1) is 31.3. The van der Waals surface area contributed by atoms with Crippen molar-refractivity contribution in [1.82, 2.24) is 5.32 Å². The van der Waals surface area contributed by atoms with Crippen molar-refractivity contribution in [3.05, 3.63) is 34.9 Å². The van der Waals surface area contributed by atoms with Gasteiger partial charge in [-0.25, -0.2) is 0 Å². The van der Waals surface area contributed by atoms with E-state index in [0.29, 0.717) is 25.0 Å². The lowest BCUT2D eigenvalue weighted by Gasteiger charge is -2.16. The van der Waals surface area contributed by atoms with Crippen molar-refractivity contribution < 1.29 is 26.3 Å². The van der Waals surface area contributed by atoms with Crippen molar-refractivity contribution in [3.8, 4) is 0 Å². The third-order valence-electron chi connectivity index (χ3n) is 3.38. The summed E-state index contributed by atoms with van der Waals surface area (Å²) in [5.74, 6) is 0. The van der Waals surface area contributed by atoms with Gasteiger partial charge in [-0.1, -0.05) is 0 Å². The van der Waals surface area contributed by atoms with E-state index < -0.39 is 23.5 Å². The third-order valence-corrected chi connectivity index (χ3v) is 3.38. The number of alkyl halides is 6. The van der Waals surface area contributed by atoms with Gasteiger partial charge < -0.3 is 16.8 Å². The van der Waals surface area contributed by atoms with Crippen LogP contribution in [-0.2, 0) is 18.9 Å². The summed E-state index contributed by atoms with van der Waals surface area (Å²) in [6.07, 6.45) is -8.39. The molecule has 0 saturated heterocycles. The summed E-state index contributed by atoms with van der Waals surface area (Å²) < 4.78 is 76.5. The quantitative estimate of drug-likeness (QED) is 0.517. The molecule has 0 saturated carbocycles. The van der Waals surface area contributed by atoms with Crippen LogP contribution < -0.4 is 16.8 Å². The van der Waals surface area contributed by atoms with Crippen molar-refractivity contribution in [2.75, 3.05) is 6.54 Å². The summed E-state index contributed by atoms with van der Waals surface area (Å²) in [4.78, 5) is 0. The Hall–Kier alpha value is -0.450. The van der Waals surface area contributed by atoms with Crippen LogP contribution in [0.4, 0.5) is 26.3 Å². The molecule has 1 rings (SSSR count). The molecule has 5 N–H and O–H groups in total. The van der Waals surface area contributed by atoms with Crippen molar-refractivity contribution in [1.29, 1.82) is 0 Å². The highest BCUT2D eigenvalue weighted by Crippen LogP contribution is 2.36. The Bertz CT molecular complexity index is 506. The molecular formula is C15H24Cl3F6N3. The molecule has 2 atom stereocenters. The van der Waals surface area contributed by atoms with E-state index in [0.717, 1.165) is 0 Å². The molecule has 0 aliphatic carbocycles. The second-order valence-electron chi connectivity index (χ2n) is 5.86. The van der Waals surface area contributed by atoms with E-state index in [9.17, 15) is 26.3 Å². The number of hydrogen-bond donors (Lipinski definition) is 3. The van der Waals surface area contributed by atoms with E-state index >= 15 is 0 Å². The molecule has 162 valence electrons. The fourth-order valence-electron chi connectivity index (χ4n) is 2.10. The first-order chi connectivity index (χ1) is 10.9. The van der Waals surface area contributed by atoms with E-state index in [-0.39, 0.29) is 74.0 Å². The van der Waals surface area contributed by atoms with Gasteiger partial charge in [0.2, 0.25) is 0 Å². The number of halogens is 9. The molecule has 1 aromatic rings. The lowest BCUT2D eigenvalue weighted by Crippen LogP contribution is -2.34. The molecule has 1 unspecified atom stereocenters. The highest BCUT2D eigenvalue weighted by molar-refractivity contribution is 5.86. The van der Waals surface area contributed by atoms with Gasteiger partial charge in [-0.15, -0.1) is 37.2 Å². The molecule has 0 fully saturated rings. The van der Waals surface area contributed by atoms with E-state index in [1.807, 2.05) is 6.92 Å². The number of nitrogens with two attached hydrogens (primary N) is 2. The normalized spacial score (nSPS) is 13.7. The van der Waals surface area contributed by atoms with Crippen LogP contribution in [0, 0.1) is 0 Å². The van der Waals surface area contributed by atoms with Crippen LogP contribution in [0.25, 0.3) is 0 Å². The Morgan fingerprint density at radius 1 is 0.852 bits per heavy atom. The molecule has 0 aliphatic rings. The topological polar surface area (TPSA) is 64.1 Å². The Balaban J connectivity index is -0.00000192. The summed E-state index contributed by atoms with van der Waals surface area (Å²) in [6, 6.07) is 1.22. The average Bonchev–Trinajstić information content (AvgIpc) is 2.43. The molecule has 12 heteroatoms. The summed E-state index contributed by atoms with van der Waals surface area (Å²) >= 11 is 0. The maximum absolute atomic E-state index is 12.7. The summed E-state index contributed by atoms with van der Waals surface area (Å²) in [6.45, 7) is 1.95. The van der Waals surface area contributed by atoms with Gasteiger partial charge >= 0.3 is 12.4 Å². The second-order valence-corrected chi connectivity index (χ2v) is 5.86. The zero-order valence-corrected chi connectivity index (χ0v) is 16.8. The molecule has 0 heterocycles. The smallest absolute Gasteiger partial charge is 0.328 e. The van der Waals surface area contributed by atoms with Gasteiger partial charge in [-0.3, -0.25) is 0 Å². The Labute approximate surface area is 172 Å². The SMILES string of the molecule is CC(N)CC[C@H](N)CNCc1cc(C(F)(F)F)cc(C(F)(F)F)c1.Cl.Cl.Cl. The molecule has 0 aromatic heterocycles.